The fourth-order valence-electron chi connectivity index (χ4n) is 2.38. The van der Waals surface area contributed by atoms with Gasteiger partial charge in [-0.25, -0.2) is 0 Å². The molecule has 0 spiro atoms. The second kappa shape index (κ2) is 10.3. The van der Waals surface area contributed by atoms with Gasteiger partial charge in [0.15, 0.2) is 11.9 Å². The number of benzene rings is 2. The van der Waals surface area contributed by atoms with Crippen LogP contribution in [-0.2, 0) is 14.3 Å². The van der Waals surface area contributed by atoms with Gasteiger partial charge in [-0.05, 0) is 63.6 Å². The number of carbonyl (C=O) groups excluding carboxylic acids is 3. The number of anilines is 1. The first-order valence-corrected chi connectivity index (χ1v) is 9.16. The van der Waals surface area contributed by atoms with E-state index in [0.717, 1.165) is 5.56 Å². The fourth-order valence-corrected chi connectivity index (χ4v) is 2.38. The zero-order chi connectivity index (χ0) is 20.5. The number of Topliss-reactive ketones (excluding diaryl/α,β-unsaturated/α-hetero) is 1. The Morgan fingerprint density at radius 1 is 1.00 bits per heavy atom. The number of rotatable bonds is 9. The van der Waals surface area contributed by atoms with Crippen molar-refractivity contribution in [3.8, 4) is 5.75 Å². The third-order valence-corrected chi connectivity index (χ3v) is 4.05. The maximum atomic E-state index is 12.1. The molecule has 2 aromatic rings. The molecule has 0 saturated carbocycles. The minimum Gasteiger partial charge on any atom is -0.494 e. The molecule has 0 saturated heterocycles. The van der Waals surface area contributed by atoms with Gasteiger partial charge in [0.25, 0.3) is 5.91 Å². The van der Waals surface area contributed by atoms with Crippen molar-refractivity contribution in [2.75, 3.05) is 11.9 Å². The molecule has 148 valence electrons. The zero-order valence-corrected chi connectivity index (χ0v) is 16.4. The lowest BCUT2D eigenvalue weighted by atomic mass is 10.1. The molecule has 0 aromatic heterocycles. The number of ketones is 1. The van der Waals surface area contributed by atoms with Crippen LogP contribution < -0.4 is 10.1 Å². The normalized spacial score (nSPS) is 11.4. The van der Waals surface area contributed by atoms with Crippen LogP contribution in [-0.4, -0.2) is 30.4 Å². The quantitative estimate of drug-likeness (QED) is 0.403. The molecule has 28 heavy (non-hydrogen) atoms. The van der Waals surface area contributed by atoms with Crippen LogP contribution in [0.5, 0.6) is 5.75 Å². The highest BCUT2D eigenvalue weighted by Gasteiger charge is 2.17. The van der Waals surface area contributed by atoms with Gasteiger partial charge in [0.1, 0.15) is 5.75 Å². The molecule has 0 fully saturated rings. The molecule has 6 nitrogen and oxygen atoms in total. The van der Waals surface area contributed by atoms with Crippen molar-refractivity contribution in [1.82, 2.24) is 0 Å². The van der Waals surface area contributed by atoms with E-state index in [-0.39, 0.29) is 18.1 Å². The number of amides is 1. The van der Waals surface area contributed by atoms with E-state index >= 15 is 0 Å². The van der Waals surface area contributed by atoms with Crippen molar-refractivity contribution >= 4 is 23.3 Å². The monoisotopic (exact) mass is 383 g/mol. The lowest BCUT2D eigenvalue weighted by Gasteiger charge is -2.14. The summed E-state index contributed by atoms with van der Waals surface area (Å²) in [5.41, 5.74) is 2.37. The Hall–Kier alpha value is -3.15. The number of aryl methyl sites for hydroxylation is 1. The van der Waals surface area contributed by atoms with Gasteiger partial charge in [-0.3, -0.25) is 14.4 Å². The van der Waals surface area contributed by atoms with Gasteiger partial charge < -0.3 is 14.8 Å². The predicted octanol–water partition coefficient (Wildman–Crippen LogP) is 3.93. The molecular formula is C22H25NO5. The van der Waals surface area contributed by atoms with Crippen molar-refractivity contribution in [2.24, 2.45) is 0 Å². The Morgan fingerprint density at radius 2 is 1.64 bits per heavy atom. The second-order valence-electron chi connectivity index (χ2n) is 6.52. The van der Waals surface area contributed by atoms with E-state index in [1.54, 1.807) is 36.4 Å². The molecule has 2 rings (SSSR count). The molecule has 1 unspecified atom stereocenters. The first-order valence-electron chi connectivity index (χ1n) is 9.16. The van der Waals surface area contributed by atoms with E-state index in [1.807, 2.05) is 19.1 Å². The van der Waals surface area contributed by atoms with Crippen LogP contribution in [0.4, 0.5) is 5.69 Å². The molecule has 2 aromatic carbocycles. The number of esters is 1. The van der Waals surface area contributed by atoms with Crippen LogP contribution in [0.25, 0.3) is 0 Å². The first kappa shape index (κ1) is 21.2. The van der Waals surface area contributed by atoms with Gasteiger partial charge in [-0.2, -0.15) is 0 Å². The van der Waals surface area contributed by atoms with Gasteiger partial charge in [0.05, 0.1) is 6.61 Å². The number of hydrogen-bond donors (Lipinski definition) is 1. The predicted molar refractivity (Wildman–Crippen MR) is 107 cm³/mol. The minimum absolute atomic E-state index is 0.00479. The molecule has 0 aliphatic heterocycles. The Morgan fingerprint density at radius 3 is 2.25 bits per heavy atom. The fraction of sp³-hybridized carbons (Fsp3) is 0.318. The van der Waals surface area contributed by atoms with Gasteiger partial charge in [-0.15, -0.1) is 0 Å². The summed E-state index contributed by atoms with van der Waals surface area (Å²) in [6.07, 6.45) is -0.276. The van der Waals surface area contributed by atoms with Crippen molar-refractivity contribution in [3.63, 3.8) is 0 Å². The highest BCUT2D eigenvalue weighted by molar-refractivity contribution is 5.95. The SMILES string of the molecule is CC(=O)c1ccc(OCCCC(=O)OC(C)C(=O)Nc2ccc(C)cc2)cc1. The number of hydrogen-bond acceptors (Lipinski definition) is 5. The topological polar surface area (TPSA) is 81.7 Å². The largest absolute Gasteiger partial charge is 0.494 e. The molecular weight excluding hydrogens is 358 g/mol. The van der Waals surface area contributed by atoms with Crippen LogP contribution >= 0.6 is 0 Å². The Balaban J connectivity index is 1.67. The summed E-state index contributed by atoms with van der Waals surface area (Å²) in [5.74, 6) is -0.208. The average molecular weight is 383 g/mol. The minimum atomic E-state index is -0.881. The molecule has 0 bridgehead atoms. The van der Waals surface area contributed by atoms with E-state index in [1.165, 1.54) is 13.8 Å². The summed E-state index contributed by atoms with van der Waals surface area (Å²) in [7, 11) is 0. The highest BCUT2D eigenvalue weighted by atomic mass is 16.5. The Bertz CT molecular complexity index is 812. The van der Waals surface area contributed by atoms with Crippen LogP contribution in [0.2, 0.25) is 0 Å². The van der Waals surface area contributed by atoms with Crippen LogP contribution in [0, 0.1) is 6.92 Å². The van der Waals surface area contributed by atoms with Gasteiger partial charge in [0, 0.05) is 17.7 Å². The van der Waals surface area contributed by atoms with E-state index in [9.17, 15) is 14.4 Å². The van der Waals surface area contributed by atoms with Gasteiger partial charge in [0.2, 0.25) is 0 Å². The molecule has 0 aliphatic rings. The Labute approximate surface area is 164 Å². The summed E-state index contributed by atoms with van der Waals surface area (Å²) in [6, 6.07) is 14.2. The van der Waals surface area contributed by atoms with E-state index < -0.39 is 12.1 Å². The smallest absolute Gasteiger partial charge is 0.306 e. The average Bonchev–Trinajstić information content (AvgIpc) is 2.67. The molecule has 1 atom stereocenters. The maximum Gasteiger partial charge on any atom is 0.306 e. The van der Waals surface area contributed by atoms with Crippen LogP contribution in [0.1, 0.15) is 42.6 Å². The van der Waals surface area contributed by atoms with Crippen LogP contribution in [0.15, 0.2) is 48.5 Å². The maximum absolute atomic E-state index is 12.1. The summed E-state index contributed by atoms with van der Waals surface area (Å²) < 4.78 is 10.7. The van der Waals surface area contributed by atoms with E-state index in [2.05, 4.69) is 5.32 Å². The number of carbonyl (C=O) groups is 3. The number of ether oxygens (including phenoxy) is 2. The zero-order valence-electron chi connectivity index (χ0n) is 16.4. The first-order chi connectivity index (χ1) is 13.3. The van der Waals surface area contributed by atoms with Gasteiger partial charge in [-0.1, -0.05) is 17.7 Å². The lowest BCUT2D eigenvalue weighted by Crippen LogP contribution is -2.30. The third-order valence-electron chi connectivity index (χ3n) is 4.05. The summed E-state index contributed by atoms with van der Waals surface area (Å²) >= 11 is 0. The number of nitrogens with one attached hydrogen (secondary N) is 1. The summed E-state index contributed by atoms with van der Waals surface area (Å²) in [6.45, 7) is 5.33. The van der Waals surface area contributed by atoms with Crippen molar-refractivity contribution in [2.45, 2.75) is 39.7 Å². The molecule has 1 N–H and O–H groups in total. The van der Waals surface area contributed by atoms with Crippen LogP contribution in [0.3, 0.4) is 0 Å². The van der Waals surface area contributed by atoms with E-state index in [4.69, 9.17) is 9.47 Å². The molecule has 1 amide bonds. The Kier molecular flexibility index (Phi) is 7.75. The van der Waals surface area contributed by atoms with Crippen molar-refractivity contribution in [3.05, 3.63) is 59.7 Å². The van der Waals surface area contributed by atoms with Crippen molar-refractivity contribution < 1.29 is 23.9 Å². The molecule has 6 heteroatoms. The van der Waals surface area contributed by atoms with E-state index in [0.29, 0.717) is 30.0 Å². The lowest BCUT2D eigenvalue weighted by molar-refractivity contribution is -0.153. The second-order valence-corrected chi connectivity index (χ2v) is 6.52. The summed E-state index contributed by atoms with van der Waals surface area (Å²) in [5, 5.41) is 2.71. The highest BCUT2D eigenvalue weighted by Crippen LogP contribution is 2.13. The molecule has 0 radical (unpaired) electrons. The third kappa shape index (κ3) is 6.87. The standard InChI is InChI=1S/C22H25NO5/c1-15-6-10-19(11-7-15)23-22(26)17(3)28-21(25)5-4-14-27-20-12-8-18(9-13-20)16(2)24/h6-13,17H,4-5,14H2,1-3H3,(H,23,26). The molecule has 0 aliphatic carbocycles. The van der Waals surface area contributed by atoms with Crippen molar-refractivity contribution in [1.29, 1.82) is 0 Å². The van der Waals surface area contributed by atoms with Gasteiger partial charge >= 0.3 is 5.97 Å². The summed E-state index contributed by atoms with van der Waals surface area (Å²) in [4.78, 5) is 35.2. The molecule has 0 heterocycles.